The van der Waals surface area contributed by atoms with E-state index in [1.54, 1.807) is 0 Å². The Kier molecular flexibility index (Phi) is 6.12. The molecule has 0 spiro atoms. The highest BCUT2D eigenvalue weighted by atomic mass is 16.5. The van der Waals surface area contributed by atoms with E-state index in [2.05, 4.69) is 25.2 Å². The topological polar surface area (TPSA) is 75.7 Å². The number of fused-ring (bicyclic) bond motifs is 1. The maximum Gasteiger partial charge on any atom is 0.407 e. The van der Waals surface area contributed by atoms with Crippen LogP contribution in [0.1, 0.15) is 25.0 Å². The standard InChI is InChI=1S/C26H28N2O4/c1-16(2)19-14-20(18-12-8-5-9-13-18)23(22-21(19)24(29)28(3)25(22)30)27-26(31)32-15-17-10-6-4-7-11-17/h4-14,16,19,21-23H,15H2,1-3H3,(H,27,31)/t19-,21+,22+,23-/m1/s1. The first-order valence-corrected chi connectivity index (χ1v) is 10.9. The summed E-state index contributed by atoms with van der Waals surface area (Å²) in [5, 5.41) is 2.91. The summed E-state index contributed by atoms with van der Waals surface area (Å²) in [6.07, 6.45) is 1.45. The van der Waals surface area contributed by atoms with Crippen molar-refractivity contribution in [1.82, 2.24) is 10.2 Å². The predicted molar refractivity (Wildman–Crippen MR) is 121 cm³/mol. The quantitative estimate of drug-likeness (QED) is 0.728. The monoisotopic (exact) mass is 432 g/mol. The van der Waals surface area contributed by atoms with E-state index in [9.17, 15) is 14.4 Å². The fraction of sp³-hybridized carbons (Fsp3) is 0.346. The van der Waals surface area contributed by atoms with Crippen LogP contribution in [-0.4, -0.2) is 35.9 Å². The van der Waals surface area contributed by atoms with Crippen molar-refractivity contribution < 1.29 is 19.1 Å². The Balaban J connectivity index is 1.67. The number of hydrogen-bond acceptors (Lipinski definition) is 4. The first-order valence-electron chi connectivity index (χ1n) is 10.9. The van der Waals surface area contributed by atoms with Crippen molar-refractivity contribution in [3.8, 4) is 0 Å². The number of hydrogen-bond donors (Lipinski definition) is 1. The number of imide groups is 1. The van der Waals surface area contributed by atoms with Crippen LogP contribution in [0.15, 0.2) is 66.7 Å². The van der Waals surface area contributed by atoms with Gasteiger partial charge in [-0.2, -0.15) is 0 Å². The zero-order chi connectivity index (χ0) is 22.8. The van der Waals surface area contributed by atoms with E-state index in [1.807, 2.05) is 60.7 Å². The number of benzene rings is 2. The van der Waals surface area contributed by atoms with Crippen LogP contribution in [0.2, 0.25) is 0 Å². The zero-order valence-electron chi connectivity index (χ0n) is 18.5. The van der Waals surface area contributed by atoms with Crippen molar-refractivity contribution in [3.05, 3.63) is 77.9 Å². The highest BCUT2D eigenvalue weighted by Crippen LogP contribution is 2.46. The second-order valence-electron chi connectivity index (χ2n) is 8.78. The average Bonchev–Trinajstić information content (AvgIpc) is 3.03. The number of allylic oxidation sites excluding steroid dienone is 1. The molecule has 3 amide bonds. The summed E-state index contributed by atoms with van der Waals surface area (Å²) in [7, 11) is 1.52. The SMILES string of the molecule is CC(C)[C@H]1C=C(c2ccccc2)[C@@H](NC(=O)OCc2ccccc2)[C@H]2C(=O)N(C)C(=O)[C@H]21. The van der Waals surface area contributed by atoms with Gasteiger partial charge in [0.15, 0.2) is 0 Å². The molecule has 0 unspecified atom stereocenters. The van der Waals surface area contributed by atoms with E-state index in [0.29, 0.717) is 0 Å². The summed E-state index contributed by atoms with van der Waals surface area (Å²) in [5.41, 5.74) is 2.63. The minimum atomic E-state index is -0.663. The molecule has 0 aromatic heterocycles. The molecule has 6 nitrogen and oxygen atoms in total. The Morgan fingerprint density at radius 3 is 2.19 bits per heavy atom. The summed E-state index contributed by atoms with van der Waals surface area (Å²) in [4.78, 5) is 40.1. The Hall–Kier alpha value is -3.41. The van der Waals surface area contributed by atoms with Gasteiger partial charge in [-0.05, 0) is 28.5 Å². The number of rotatable bonds is 5. The van der Waals surface area contributed by atoms with Crippen molar-refractivity contribution in [3.63, 3.8) is 0 Å². The van der Waals surface area contributed by atoms with Gasteiger partial charge in [0.05, 0.1) is 17.9 Å². The van der Waals surface area contributed by atoms with E-state index in [0.717, 1.165) is 16.7 Å². The molecule has 1 saturated heterocycles. The van der Waals surface area contributed by atoms with Gasteiger partial charge in [-0.15, -0.1) is 0 Å². The molecule has 166 valence electrons. The molecule has 1 fully saturated rings. The number of carbonyl (C=O) groups is 3. The molecule has 0 bridgehead atoms. The molecule has 4 atom stereocenters. The van der Waals surface area contributed by atoms with Crippen molar-refractivity contribution in [2.45, 2.75) is 26.5 Å². The molecule has 1 heterocycles. The number of likely N-dealkylation sites (tertiary alicyclic amines) is 1. The Morgan fingerprint density at radius 1 is 0.969 bits per heavy atom. The molecule has 2 aromatic rings. The Morgan fingerprint density at radius 2 is 1.56 bits per heavy atom. The molecule has 1 aliphatic heterocycles. The van der Waals surface area contributed by atoms with Gasteiger partial charge in [-0.3, -0.25) is 14.5 Å². The van der Waals surface area contributed by atoms with Gasteiger partial charge in [0.1, 0.15) is 6.61 Å². The van der Waals surface area contributed by atoms with Crippen LogP contribution in [0.3, 0.4) is 0 Å². The van der Waals surface area contributed by atoms with Crippen LogP contribution in [0, 0.1) is 23.7 Å². The Bertz CT molecular complexity index is 1030. The molecule has 0 saturated carbocycles. The minimum absolute atomic E-state index is 0.102. The third kappa shape index (κ3) is 4.05. The average molecular weight is 433 g/mol. The lowest BCUT2D eigenvalue weighted by molar-refractivity contribution is -0.138. The molecular weight excluding hydrogens is 404 g/mol. The summed E-state index contributed by atoms with van der Waals surface area (Å²) >= 11 is 0. The molecule has 32 heavy (non-hydrogen) atoms. The van der Waals surface area contributed by atoms with E-state index >= 15 is 0 Å². The second kappa shape index (κ2) is 8.99. The summed E-state index contributed by atoms with van der Waals surface area (Å²) in [6, 6.07) is 18.4. The van der Waals surface area contributed by atoms with Crippen LogP contribution in [-0.2, 0) is 20.9 Å². The largest absolute Gasteiger partial charge is 0.445 e. The fourth-order valence-electron chi connectivity index (χ4n) is 4.80. The van der Waals surface area contributed by atoms with Crippen LogP contribution in [0.5, 0.6) is 0 Å². The lowest BCUT2D eigenvalue weighted by Gasteiger charge is -2.38. The van der Waals surface area contributed by atoms with Crippen molar-refractivity contribution >= 4 is 23.5 Å². The molecule has 6 heteroatoms. The third-order valence-corrected chi connectivity index (χ3v) is 6.46. The maximum absolute atomic E-state index is 13.2. The van der Waals surface area contributed by atoms with Gasteiger partial charge in [0, 0.05) is 7.05 Å². The van der Waals surface area contributed by atoms with Crippen molar-refractivity contribution in [1.29, 1.82) is 0 Å². The maximum atomic E-state index is 13.2. The fourth-order valence-corrected chi connectivity index (χ4v) is 4.80. The summed E-state index contributed by atoms with van der Waals surface area (Å²) in [5.74, 6) is -1.55. The first-order chi connectivity index (χ1) is 15.4. The van der Waals surface area contributed by atoms with Gasteiger partial charge >= 0.3 is 6.09 Å². The smallest absolute Gasteiger partial charge is 0.407 e. The highest BCUT2D eigenvalue weighted by Gasteiger charge is 2.56. The number of nitrogens with one attached hydrogen (secondary N) is 1. The number of carbonyl (C=O) groups excluding carboxylic acids is 3. The molecule has 2 aliphatic rings. The molecule has 2 aromatic carbocycles. The van der Waals surface area contributed by atoms with Crippen LogP contribution >= 0.6 is 0 Å². The van der Waals surface area contributed by atoms with Crippen molar-refractivity contribution in [2.75, 3.05) is 7.05 Å². The van der Waals surface area contributed by atoms with Gasteiger partial charge in [0.2, 0.25) is 11.8 Å². The van der Waals surface area contributed by atoms with Crippen LogP contribution in [0.4, 0.5) is 4.79 Å². The molecule has 1 aliphatic carbocycles. The van der Waals surface area contributed by atoms with E-state index in [4.69, 9.17) is 4.74 Å². The van der Waals surface area contributed by atoms with E-state index in [-0.39, 0.29) is 30.3 Å². The minimum Gasteiger partial charge on any atom is -0.445 e. The highest BCUT2D eigenvalue weighted by molar-refractivity contribution is 6.07. The lowest BCUT2D eigenvalue weighted by Crippen LogP contribution is -2.50. The predicted octanol–water partition coefficient (Wildman–Crippen LogP) is 3.88. The van der Waals surface area contributed by atoms with Gasteiger partial charge < -0.3 is 10.1 Å². The number of nitrogens with zero attached hydrogens (tertiary/aromatic N) is 1. The third-order valence-electron chi connectivity index (χ3n) is 6.46. The second-order valence-corrected chi connectivity index (χ2v) is 8.78. The van der Waals surface area contributed by atoms with E-state index in [1.165, 1.54) is 11.9 Å². The molecule has 4 rings (SSSR count). The first kappa shape index (κ1) is 21.8. The Labute approximate surface area is 188 Å². The molecule has 0 radical (unpaired) electrons. The zero-order valence-corrected chi connectivity index (χ0v) is 18.5. The van der Waals surface area contributed by atoms with Crippen LogP contribution < -0.4 is 5.32 Å². The number of alkyl carbamates (subject to hydrolysis) is 1. The molecular formula is C26H28N2O4. The van der Waals surface area contributed by atoms with Crippen molar-refractivity contribution in [2.24, 2.45) is 23.7 Å². The normalized spacial score (nSPS) is 24.9. The van der Waals surface area contributed by atoms with E-state index < -0.39 is 24.0 Å². The van der Waals surface area contributed by atoms with Crippen LogP contribution in [0.25, 0.3) is 5.57 Å². The van der Waals surface area contributed by atoms with Gasteiger partial charge in [0.25, 0.3) is 0 Å². The summed E-state index contributed by atoms with van der Waals surface area (Å²) < 4.78 is 5.44. The lowest BCUT2D eigenvalue weighted by atomic mass is 9.67. The van der Waals surface area contributed by atoms with Gasteiger partial charge in [-0.25, -0.2) is 4.79 Å². The number of ether oxygens (including phenoxy) is 1. The number of amides is 3. The molecule has 1 N–H and O–H groups in total. The summed E-state index contributed by atoms with van der Waals surface area (Å²) in [6.45, 7) is 4.23. The van der Waals surface area contributed by atoms with Gasteiger partial charge in [-0.1, -0.05) is 80.6 Å².